The van der Waals surface area contributed by atoms with Crippen molar-refractivity contribution in [2.75, 3.05) is 5.32 Å². The highest BCUT2D eigenvalue weighted by Gasteiger charge is 2.04. The maximum atomic E-state index is 13.1. The molecule has 0 fully saturated rings. The first-order valence-corrected chi connectivity index (χ1v) is 6.58. The molecule has 94 valence electrons. The first kappa shape index (κ1) is 11.8. The van der Waals surface area contributed by atoms with Gasteiger partial charge in [-0.15, -0.1) is 11.3 Å². The lowest BCUT2D eigenvalue weighted by Gasteiger charge is -2.01. The molecule has 0 aliphatic rings. The van der Waals surface area contributed by atoms with Crippen molar-refractivity contribution in [2.45, 2.75) is 0 Å². The fourth-order valence-corrected chi connectivity index (χ4v) is 2.42. The van der Waals surface area contributed by atoms with Gasteiger partial charge in [0.2, 0.25) is 0 Å². The summed E-state index contributed by atoms with van der Waals surface area (Å²) < 4.78 is 13.1. The molecule has 0 amide bonds. The summed E-state index contributed by atoms with van der Waals surface area (Å²) in [5.74, 6) is -0.268. The molecule has 2 heterocycles. The third-order valence-electron chi connectivity index (χ3n) is 2.56. The van der Waals surface area contributed by atoms with E-state index >= 15 is 0 Å². The van der Waals surface area contributed by atoms with Gasteiger partial charge in [0, 0.05) is 29.0 Å². The Bertz CT molecular complexity index is 682. The van der Waals surface area contributed by atoms with Crippen LogP contribution in [0.4, 0.5) is 15.2 Å². The number of hydrogen-bond donors (Lipinski definition) is 1. The third kappa shape index (κ3) is 2.77. The van der Waals surface area contributed by atoms with E-state index in [4.69, 9.17) is 0 Å². The fraction of sp³-hybridized carbons (Fsp3) is 0. The second kappa shape index (κ2) is 5.16. The highest BCUT2D eigenvalue weighted by Crippen LogP contribution is 2.26. The molecule has 3 nitrogen and oxygen atoms in total. The molecule has 0 atom stereocenters. The molecule has 0 saturated heterocycles. The molecule has 5 heteroatoms. The summed E-state index contributed by atoms with van der Waals surface area (Å²) in [5, 5.41) is 5.78. The van der Waals surface area contributed by atoms with Gasteiger partial charge in [0.1, 0.15) is 5.82 Å². The normalized spacial score (nSPS) is 10.4. The van der Waals surface area contributed by atoms with Crippen LogP contribution in [0.5, 0.6) is 0 Å². The van der Waals surface area contributed by atoms with Gasteiger partial charge in [-0.2, -0.15) is 0 Å². The molecule has 0 spiro atoms. The van der Waals surface area contributed by atoms with E-state index in [2.05, 4.69) is 15.3 Å². The number of anilines is 2. The number of benzene rings is 1. The van der Waals surface area contributed by atoms with E-state index in [0.29, 0.717) is 5.69 Å². The van der Waals surface area contributed by atoms with Crippen LogP contribution < -0.4 is 5.32 Å². The zero-order valence-electron chi connectivity index (χ0n) is 9.88. The van der Waals surface area contributed by atoms with Crippen molar-refractivity contribution in [3.8, 4) is 11.3 Å². The SMILES string of the molecule is Fc1cccc(Nc2nc(-c3ccncc3)cs2)c1. The zero-order valence-corrected chi connectivity index (χ0v) is 10.7. The molecule has 0 aliphatic heterocycles. The predicted octanol–water partition coefficient (Wildman–Crippen LogP) is 4.09. The van der Waals surface area contributed by atoms with Gasteiger partial charge in [0.25, 0.3) is 0 Å². The van der Waals surface area contributed by atoms with Gasteiger partial charge in [-0.3, -0.25) is 4.98 Å². The minimum atomic E-state index is -0.268. The quantitative estimate of drug-likeness (QED) is 0.779. The van der Waals surface area contributed by atoms with Crippen molar-refractivity contribution in [2.24, 2.45) is 0 Å². The molecule has 19 heavy (non-hydrogen) atoms. The lowest BCUT2D eigenvalue weighted by atomic mass is 10.2. The molecular formula is C14H10FN3S. The van der Waals surface area contributed by atoms with E-state index in [1.54, 1.807) is 24.5 Å². The van der Waals surface area contributed by atoms with E-state index < -0.39 is 0 Å². The van der Waals surface area contributed by atoms with Gasteiger partial charge in [-0.05, 0) is 30.3 Å². The Morgan fingerprint density at radius 1 is 1.11 bits per heavy atom. The van der Waals surface area contributed by atoms with Crippen LogP contribution >= 0.6 is 11.3 Å². The highest BCUT2D eigenvalue weighted by molar-refractivity contribution is 7.14. The van der Waals surface area contributed by atoms with Crippen molar-refractivity contribution in [3.63, 3.8) is 0 Å². The molecule has 0 radical (unpaired) electrons. The van der Waals surface area contributed by atoms with Gasteiger partial charge in [0.05, 0.1) is 5.69 Å². The largest absolute Gasteiger partial charge is 0.331 e. The number of thiazole rings is 1. The monoisotopic (exact) mass is 271 g/mol. The second-order valence-electron chi connectivity index (χ2n) is 3.91. The minimum Gasteiger partial charge on any atom is -0.331 e. The summed E-state index contributed by atoms with van der Waals surface area (Å²) in [6, 6.07) is 10.1. The molecule has 0 bridgehead atoms. The summed E-state index contributed by atoms with van der Waals surface area (Å²) in [4.78, 5) is 8.44. The van der Waals surface area contributed by atoms with Crippen LogP contribution in [-0.2, 0) is 0 Å². The number of nitrogens with one attached hydrogen (secondary N) is 1. The predicted molar refractivity (Wildman–Crippen MR) is 75.0 cm³/mol. The van der Waals surface area contributed by atoms with E-state index in [1.807, 2.05) is 17.5 Å². The molecule has 0 aliphatic carbocycles. The van der Waals surface area contributed by atoms with Gasteiger partial charge < -0.3 is 5.32 Å². The first-order valence-electron chi connectivity index (χ1n) is 5.70. The average Bonchev–Trinajstić information content (AvgIpc) is 2.88. The highest BCUT2D eigenvalue weighted by atomic mass is 32.1. The smallest absolute Gasteiger partial charge is 0.187 e. The number of hydrogen-bond acceptors (Lipinski definition) is 4. The van der Waals surface area contributed by atoms with Gasteiger partial charge in [0.15, 0.2) is 5.13 Å². The van der Waals surface area contributed by atoms with E-state index in [1.165, 1.54) is 23.5 Å². The number of halogens is 1. The second-order valence-corrected chi connectivity index (χ2v) is 4.77. The third-order valence-corrected chi connectivity index (χ3v) is 3.31. The van der Waals surface area contributed by atoms with Crippen molar-refractivity contribution >= 4 is 22.2 Å². The van der Waals surface area contributed by atoms with Crippen LogP contribution in [0.15, 0.2) is 54.2 Å². The van der Waals surface area contributed by atoms with Crippen molar-refractivity contribution in [3.05, 3.63) is 60.0 Å². The summed E-state index contributed by atoms with van der Waals surface area (Å²) in [6.45, 7) is 0. The topological polar surface area (TPSA) is 37.8 Å². The Kier molecular flexibility index (Phi) is 3.20. The Balaban J connectivity index is 1.82. The summed E-state index contributed by atoms with van der Waals surface area (Å²) >= 11 is 1.48. The molecule has 0 saturated carbocycles. The summed E-state index contributed by atoms with van der Waals surface area (Å²) in [6.07, 6.45) is 3.46. The molecule has 3 aromatic rings. The summed E-state index contributed by atoms with van der Waals surface area (Å²) in [5.41, 5.74) is 2.58. The van der Waals surface area contributed by atoms with Crippen molar-refractivity contribution < 1.29 is 4.39 Å². The Hall–Kier alpha value is -2.27. The average molecular weight is 271 g/mol. The number of aromatic nitrogens is 2. The van der Waals surface area contributed by atoms with Gasteiger partial charge in [-0.1, -0.05) is 6.07 Å². The van der Waals surface area contributed by atoms with Crippen LogP contribution in [0.2, 0.25) is 0 Å². The van der Waals surface area contributed by atoms with Crippen LogP contribution in [-0.4, -0.2) is 9.97 Å². The van der Waals surface area contributed by atoms with Crippen molar-refractivity contribution in [1.82, 2.24) is 9.97 Å². The molecule has 0 unspecified atom stereocenters. The first-order chi connectivity index (χ1) is 9.31. The Morgan fingerprint density at radius 2 is 1.95 bits per heavy atom. The van der Waals surface area contributed by atoms with Gasteiger partial charge in [-0.25, -0.2) is 9.37 Å². The number of nitrogens with zero attached hydrogens (tertiary/aromatic N) is 2. The number of rotatable bonds is 3. The van der Waals surface area contributed by atoms with E-state index in [-0.39, 0.29) is 5.82 Å². The Morgan fingerprint density at radius 3 is 2.74 bits per heavy atom. The van der Waals surface area contributed by atoms with E-state index in [9.17, 15) is 4.39 Å². The molecule has 1 aromatic carbocycles. The number of pyridine rings is 1. The fourth-order valence-electron chi connectivity index (χ4n) is 1.68. The van der Waals surface area contributed by atoms with Crippen LogP contribution in [0.25, 0.3) is 11.3 Å². The molecule has 3 rings (SSSR count). The molecule has 2 aromatic heterocycles. The standard InChI is InChI=1S/C14H10FN3S/c15-11-2-1-3-12(8-11)17-14-18-13(9-19-14)10-4-6-16-7-5-10/h1-9H,(H,17,18). The maximum absolute atomic E-state index is 13.1. The van der Waals surface area contributed by atoms with Crippen LogP contribution in [0.1, 0.15) is 0 Å². The van der Waals surface area contributed by atoms with Crippen LogP contribution in [0, 0.1) is 5.82 Å². The van der Waals surface area contributed by atoms with E-state index in [0.717, 1.165) is 16.4 Å². The molecule has 1 N–H and O–H groups in total. The van der Waals surface area contributed by atoms with Gasteiger partial charge >= 0.3 is 0 Å². The molecular weight excluding hydrogens is 261 g/mol. The maximum Gasteiger partial charge on any atom is 0.187 e. The van der Waals surface area contributed by atoms with Crippen LogP contribution in [0.3, 0.4) is 0 Å². The lowest BCUT2D eigenvalue weighted by Crippen LogP contribution is -1.90. The Labute approximate surface area is 113 Å². The summed E-state index contributed by atoms with van der Waals surface area (Å²) in [7, 11) is 0. The lowest BCUT2D eigenvalue weighted by molar-refractivity contribution is 0.628. The van der Waals surface area contributed by atoms with Crippen molar-refractivity contribution in [1.29, 1.82) is 0 Å². The minimum absolute atomic E-state index is 0.268. The zero-order chi connectivity index (χ0) is 13.1.